The quantitative estimate of drug-likeness (QED) is 0.517. The van der Waals surface area contributed by atoms with Crippen molar-refractivity contribution in [2.75, 3.05) is 25.0 Å². The number of rotatable bonds is 7. The third kappa shape index (κ3) is 5.46. The topological polar surface area (TPSA) is 92.8 Å². The molecule has 1 saturated heterocycles. The smallest absolute Gasteiger partial charge is 0.310 e. The number of carbonyl (C=O) groups is 2. The van der Waals surface area contributed by atoms with Gasteiger partial charge in [-0.05, 0) is 60.4 Å². The van der Waals surface area contributed by atoms with Crippen LogP contribution in [0.3, 0.4) is 0 Å². The van der Waals surface area contributed by atoms with Crippen molar-refractivity contribution in [2.24, 2.45) is 5.92 Å². The van der Waals surface area contributed by atoms with Gasteiger partial charge in [0.15, 0.2) is 0 Å². The molecular weight excluding hydrogens is 452 g/mol. The van der Waals surface area contributed by atoms with Crippen LogP contribution < -0.4 is 5.32 Å². The lowest BCUT2D eigenvalue weighted by molar-refractivity contribution is -0.142. The molecule has 8 heteroatoms. The third-order valence-electron chi connectivity index (χ3n) is 6.06. The van der Waals surface area contributed by atoms with Crippen LogP contribution in [0.25, 0.3) is 10.8 Å². The van der Waals surface area contributed by atoms with Gasteiger partial charge in [-0.3, -0.25) is 9.59 Å². The molecule has 1 amide bonds. The van der Waals surface area contributed by atoms with Crippen molar-refractivity contribution in [3.05, 3.63) is 72.3 Å². The van der Waals surface area contributed by atoms with Gasteiger partial charge in [-0.15, -0.1) is 0 Å². The van der Waals surface area contributed by atoms with Crippen molar-refractivity contribution in [1.82, 2.24) is 4.31 Å². The van der Waals surface area contributed by atoms with Crippen molar-refractivity contribution >= 4 is 38.4 Å². The van der Waals surface area contributed by atoms with E-state index >= 15 is 0 Å². The molecule has 178 valence electrons. The fourth-order valence-corrected chi connectivity index (χ4v) is 5.67. The summed E-state index contributed by atoms with van der Waals surface area (Å²) in [6, 6.07) is 19.9. The monoisotopic (exact) mass is 480 g/mol. The summed E-state index contributed by atoms with van der Waals surface area (Å²) in [5.74, 6) is -0.673. The molecule has 0 atom stereocenters. The number of amides is 1. The molecule has 0 radical (unpaired) electrons. The van der Waals surface area contributed by atoms with Crippen molar-refractivity contribution in [2.45, 2.75) is 31.1 Å². The molecule has 1 fully saturated rings. The van der Waals surface area contributed by atoms with Crippen LogP contribution in [0.1, 0.15) is 25.3 Å². The maximum Gasteiger partial charge on any atom is 0.310 e. The van der Waals surface area contributed by atoms with Crippen LogP contribution in [0.2, 0.25) is 0 Å². The van der Waals surface area contributed by atoms with Gasteiger partial charge in [-0.25, -0.2) is 8.42 Å². The Bertz CT molecular complexity index is 1280. The number of nitrogens with zero attached hydrogens (tertiary/aromatic N) is 1. The minimum absolute atomic E-state index is 0.124. The van der Waals surface area contributed by atoms with E-state index in [1.54, 1.807) is 43.3 Å². The lowest BCUT2D eigenvalue weighted by Crippen LogP contribution is -2.41. The lowest BCUT2D eigenvalue weighted by atomic mass is 9.97. The van der Waals surface area contributed by atoms with E-state index in [2.05, 4.69) is 5.32 Å². The molecule has 0 aliphatic carbocycles. The average Bonchev–Trinajstić information content (AvgIpc) is 2.85. The first-order valence-electron chi connectivity index (χ1n) is 11.4. The summed E-state index contributed by atoms with van der Waals surface area (Å²) in [5.41, 5.74) is 1.45. The lowest BCUT2D eigenvalue weighted by Gasteiger charge is -2.30. The van der Waals surface area contributed by atoms with Crippen LogP contribution in [0.5, 0.6) is 0 Å². The normalized spacial score (nSPS) is 15.2. The van der Waals surface area contributed by atoms with Crippen LogP contribution in [0.15, 0.2) is 71.6 Å². The van der Waals surface area contributed by atoms with Crippen LogP contribution in [0.4, 0.5) is 5.69 Å². The Hall–Kier alpha value is -3.23. The minimum Gasteiger partial charge on any atom is -0.466 e. The summed E-state index contributed by atoms with van der Waals surface area (Å²) in [7, 11) is -3.62. The predicted octanol–water partition coefficient (Wildman–Crippen LogP) is 3.98. The van der Waals surface area contributed by atoms with E-state index < -0.39 is 10.0 Å². The van der Waals surface area contributed by atoms with Gasteiger partial charge < -0.3 is 10.1 Å². The van der Waals surface area contributed by atoms with Crippen molar-refractivity contribution < 1.29 is 22.7 Å². The highest BCUT2D eigenvalue weighted by atomic mass is 32.2. The number of ether oxygens (including phenoxy) is 1. The molecule has 0 aromatic heterocycles. The van der Waals surface area contributed by atoms with E-state index in [1.165, 1.54) is 4.31 Å². The molecular formula is C26H28N2O5S. The maximum atomic E-state index is 13.1. The Balaban J connectivity index is 1.33. The SMILES string of the molecule is CCOC(=O)Cc1ccc(NC(=O)C2CCN(S(=O)(=O)c3ccc4ccccc4c3)CC2)cc1. The number of piperidine rings is 1. The van der Waals surface area contributed by atoms with Crippen LogP contribution in [-0.4, -0.2) is 44.3 Å². The van der Waals surface area contributed by atoms with Crippen molar-refractivity contribution in [3.63, 3.8) is 0 Å². The molecule has 1 aliphatic heterocycles. The van der Waals surface area contributed by atoms with Gasteiger partial charge in [-0.1, -0.05) is 42.5 Å². The highest BCUT2D eigenvalue weighted by Crippen LogP contribution is 2.27. The van der Waals surface area contributed by atoms with E-state index in [1.807, 2.05) is 30.3 Å². The maximum absolute atomic E-state index is 13.1. The van der Waals surface area contributed by atoms with Gasteiger partial charge in [-0.2, -0.15) is 4.31 Å². The van der Waals surface area contributed by atoms with E-state index in [9.17, 15) is 18.0 Å². The molecule has 0 spiro atoms. The summed E-state index contributed by atoms with van der Waals surface area (Å²) in [6.07, 6.45) is 1.10. The molecule has 7 nitrogen and oxygen atoms in total. The Morgan fingerprint density at radius 3 is 2.32 bits per heavy atom. The largest absolute Gasteiger partial charge is 0.466 e. The van der Waals surface area contributed by atoms with Crippen LogP contribution in [0, 0.1) is 5.92 Å². The zero-order valence-corrected chi connectivity index (χ0v) is 19.9. The predicted molar refractivity (Wildman–Crippen MR) is 131 cm³/mol. The average molecular weight is 481 g/mol. The number of hydrogen-bond acceptors (Lipinski definition) is 5. The molecule has 1 N–H and O–H groups in total. The van der Waals surface area contributed by atoms with E-state index in [4.69, 9.17) is 4.74 Å². The zero-order valence-electron chi connectivity index (χ0n) is 19.1. The standard InChI is InChI=1S/C26H28N2O5S/c1-2-33-25(29)17-19-7-10-23(11-8-19)27-26(30)21-13-15-28(16-14-21)34(31,32)24-12-9-20-5-3-4-6-22(20)18-24/h3-12,18,21H,2,13-17H2,1H3,(H,27,30). The number of hydrogen-bond donors (Lipinski definition) is 1. The number of nitrogens with one attached hydrogen (secondary N) is 1. The van der Waals surface area contributed by atoms with Gasteiger partial charge in [0, 0.05) is 24.7 Å². The Labute approximate surface area is 199 Å². The van der Waals surface area contributed by atoms with Gasteiger partial charge in [0.05, 0.1) is 17.9 Å². The van der Waals surface area contributed by atoms with Crippen molar-refractivity contribution in [3.8, 4) is 0 Å². The van der Waals surface area contributed by atoms with Gasteiger partial charge in [0.1, 0.15) is 0 Å². The van der Waals surface area contributed by atoms with E-state index in [0.29, 0.717) is 38.2 Å². The summed E-state index contributed by atoms with van der Waals surface area (Å²) < 4.78 is 32.7. The first kappa shape index (κ1) is 23.9. The highest BCUT2D eigenvalue weighted by molar-refractivity contribution is 7.89. The molecule has 0 unspecified atom stereocenters. The van der Waals surface area contributed by atoms with Crippen LogP contribution in [-0.2, 0) is 30.8 Å². The van der Waals surface area contributed by atoms with Crippen LogP contribution >= 0.6 is 0 Å². The van der Waals surface area contributed by atoms with Gasteiger partial charge in [0.2, 0.25) is 15.9 Å². The Morgan fingerprint density at radius 1 is 0.971 bits per heavy atom. The first-order chi connectivity index (χ1) is 16.4. The number of esters is 1. The molecule has 34 heavy (non-hydrogen) atoms. The molecule has 4 rings (SSSR count). The Morgan fingerprint density at radius 2 is 1.65 bits per heavy atom. The fraction of sp³-hybridized carbons (Fsp3) is 0.308. The second kappa shape index (κ2) is 10.4. The number of fused-ring (bicyclic) bond motifs is 1. The summed E-state index contributed by atoms with van der Waals surface area (Å²) in [5, 5.41) is 4.77. The summed E-state index contributed by atoms with van der Waals surface area (Å²) >= 11 is 0. The fourth-order valence-electron chi connectivity index (χ4n) is 4.16. The number of sulfonamides is 1. The number of benzene rings is 3. The molecule has 0 saturated carbocycles. The highest BCUT2D eigenvalue weighted by Gasteiger charge is 2.32. The van der Waals surface area contributed by atoms with Gasteiger partial charge in [0.25, 0.3) is 0 Å². The molecule has 1 aliphatic rings. The molecule has 3 aromatic carbocycles. The van der Waals surface area contributed by atoms with Gasteiger partial charge >= 0.3 is 5.97 Å². The van der Waals surface area contributed by atoms with E-state index in [-0.39, 0.29) is 29.1 Å². The second-order valence-electron chi connectivity index (χ2n) is 8.36. The van der Waals surface area contributed by atoms with E-state index in [0.717, 1.165) is 16.3 Å². The first-order valence-corrected chi connectivity index (χ1v) is 12.8. The Kier molecular flexibility index (Phi) is 7.29. The number of anilines is 1. The summed E-state index contributed by atoms with van der Waals surface area (Å²) in [6.45, 7) is 2.70. The van der Waals surface area contributed by atoms with Crippen molar-refractivity contribution in [1.29, 1.82) is 0 Å². The zero-order chi connectivity index (χ0) is 24.1. The molecule has 1 heterocycles. The minimum atomic E-state index is -3.62. The number of carbonyl (C=O) groups excluding carboxylic acids is 2. The second-order valence-corrected chi connectivity index (χ2v) is 10.3. The summed E-state index contributed by atoms with van der Waals surface area (Å²) in [4.78, 5) is 24.6. The third-order valence-corrected chi connectivity index (χ3v) is 7.95. The molecule has 3 aromatic rings. The molecule has 0 bridgehead atoms.